The molecule has 1 aliphatic rings. The summed E-state index contributed by atoms with van der Waals surface area (Å²) in [5, 5.41) is 6.91. The number of allylic oxidation sites excluding steroid dienone is 2. The number of nitrogens with one attached hydrogen (secondary N) is 1. The van der Waals surface area contributed by atoms with Gasteiger partial charge in [0.2, 0.25) is 0 Å². The summed E-state index contributed by atoms with van der Waals surface area (Å²) in [6.07, 6.45) is 1.60. The van der Waals surface area contributed by atoms with Crippen LogP contribution in [-0.2, 0) is 11.3 Å². The molecule has 1 atom stereocenters. The molecule has 0 fully saturated rings. The third kappa shape index (κ3) is 2.80. The Morgan fingerprint density at radius 2 is 2.00 bits per heavy atom. The summed E-state index contributed by atoms with van der Waals surface area (Å²) in [7, 11) is 0. The highest BCUT2D eigenvalue weighted by molar-refractivity contribution is 6.63. The number of carbonyl (C=O) groups excluding carboxylic acids is 1. The van der Waals surface area contributed by atoms with Crippen molar-refractivity contribution in [3.05, 3.63) is 41.5 Å². The largest absolute Gasteiger partial charge is 0.326 e. The number of benzene rings is 1. The molecule has 1 aliphatic carbocycles. The maximum absolute atomic E-state index is 11.6. The van der Waals surface area contributed by atoms with Crippen LogP contribution in [-0.4, -0.2) is 22.6 Å². The highest BCUT2D eigenvalue weighted by Gasteiger charge is 2.29. The molecule has 1 unspecified atom stereocenters. The molecular weight excluding hydrogens is 262 g/mol. The van der Waals surface area contributed by atoms with E-state index in [9.17, 15) is 4.79 Å². The highest BCUT2D eigenvalue weighted by Crippen LogP contribution is 2.19. The van der Waals surface area contributed by atoms with Gasteiger partial charge < -0.3 is 11.1 Å². The molecule has 0 radical (unpaired) electrons. The molecule has 2 rings (SSSR count). The molecule has 98 valence electrons. The summed E-state index contributed by atoms with van der Waals surface area (Å²) < 4.78 is 0. The molecular formula is C14H14ClN3O. The second-order valence-electron chi connectivity index (χ2n) is 4.34. The van der Waals surface area contributed by atoms with Crippen LogP contribution in [0.2, 0.25) is 0 Å². The third-order valence-electron chi connectivity index (χ3n) is 2.92. The number of ketones is 1. The number of rotatable bonds is 2. The van der Waals surface area contributed by atoms with E-state index in [0.29, 0.717) is 23.5 Å². The van der Waals surface area contributed by atoms with Crippen LogP contribution in [0.4, 0.5) is 5.69 Å². The molecule has 1 aromatic carbocycles. The number of hydrogen-bond acceptors (Lipinski definition) is 4. The quantitative estimate of drug-likeness (QED) is 0.813. The van der Waals surface area contributed by atoms with Crippen LogP contribution in [0.15, 0.2) is 40.9 Å². The average Bonchev–Trinajstić information content (AvgIpc) is 2.43. The summed E-state index contributed by atoms with van der Waals surface area (Å²) >= 11 is 5.91. The molecule has 5 heteroatoms. The van der Waals surface area contributed by atoms with Crippen LogP contribution in [0.5, 0.6) is 0 Å². The SMILES string of the molecule is CC1=CC(=Nc2ccc(CN)cc2)C(=N)C(Cl)C1=O. The normalized spacial score (nSPS) is 21.7. The molecule has 0 saturated heterocycles. The first kappa shape index (κ1) is 13.6. The second-order valence-corrected chi connectivity index (χ2v) is 4.77. The van der Waals surface area contributed by atoms with Gasteiger partial charge in [0.05, 0.1) is 17.1 Å². The number of aliphatic imine (C=N–C) groups is 1. The Hall–Kier alpha value is -1.78. The number of halogens is 1. The Balaban J connectivity index is 2.36. The molecule has 0 amide bonds. The van der Waals surface area contributed by atoms with Gasteiger partial charge in [-0.05, 0) is 36.3 Å². The van der Waals surface area contributed by atoms with E-state index in [-0.39, 0.29) is 11.5 Å². The van der Waals surface area contributed by atoms with Crippen LogP contribution in [0.1, 0.15) is 12.5 Å². The van der Waals surface area contributed by atoms with Gasteiger partial charge in [-0.2, -0.15) is 0 Å². The van der Waals surface area contributed by atoms with Crippen LogP contribution in [0, 0.1) is 5.41 Å². The number of Topliss-reactive ketones (excluding diaryl/α,β-unsaturated/α-hetero) is 1. The molecule has 0 aromatic heterocycles. The number of nitrogens with two attached hydrogens (primary N) is 1. The van der Waals surface area contributed by atoms with E-state index in [1.54, 1.807) is 13.0 Å². The van der Waals surface area contributed by atoms with Gasteiger partial charge in [0.1, 0.15) is 5.38 Å². The molecule has 0 aliphatic heterocycles. The zero-order chi connectivity index (χ0) is 14.0. The minimum Gasteiger partial charge on any atom is -0.326 e. The van der Waals surface area contributed by atoms with Crippen molar-refractivity contribution in [2.45, 2.75) is 18.8 Å². The van der Waals surface area contributed by atoms with E-state index in [0.717, 1.165) is 5.56 Å². The molecule has 3 N–H and O–H groups in total. The fourth-order valence-corrected chi connectivity index (χ4v) is 2.04. The van der Waals surface area contributed by atoms with Gasteiger partial charge in [0, 0.05) is 6.54 Å². The summed E-state index contributed by atoms with van der Waals surface area (Å²) in [4.78, 5) is 16.0. The maximum Gasteiger partial charge on any atom is 0.182 e. The monoisotopic (exact) mass is 275 g/mol. The van der Waals surface area contributed by atoms with Crippen LogP contribution in [0.3, 0.4) is 0 Å². The zero-order valence-electron chi connectivity index (χ0n) is 10.5. The Morgan fingerprint density at radius 1 is 1.37 bits per heavy atom. The first-order chi connectivity index (χ1) is 9.02. The van der Waals surface area contributed by atoms with Crippen molar-refractivity contribution in [2.75, 3.05) is 0 Å². The minimum absolute atomic E-state index is 0.0418. The molecule has 19 heavy (non-hydrogen) atoms. The number of nitrogens with zero attached hydrogens (tertiary/aromatic N) is 1. The topological polar surface area (TPSA) is 79.3 Å². The lowest BCUT2D eigenvalue weighted by Gasteiger charge is -2.16. The van der Waals surface area contributed by atoms with Gasteiger partial charge in [-0.3, -0.25) is 4.79 Å². The Morgan fingerprint density at radius 3 is 2.58 bits per heavy atom. The molecule has 0 bridgehead atoms. The van der Waals surface area contributed by atoms with Crippen LogP contribution >= 0.6 is 11.6 Å². The predicted molar refractivity (Wildman–Crippen MR) is 77.6 cm³/mol. The van der Waals surface area contributed by atoms with Crippen molar-refractivity contribution in [2.24, 2.45) is 10.7 Å². The van der Waals surface area contributed by atoms with Gasteiger partial charge >= 0.3 is 0 Å². The van der Waals surface area contributed by atoms with E-state index in [1.807, 2.05) is 24.3 Å². The Labute approximate surface area is 116 Å². The summed E-state index contributed by atoms with van der Waals surface area (Å²) in [6, 6.07) is 7.41. The molecule has 1 aromatic rings. The molecule has 0 heterocycles. The van der Waals surface area contributed by atoms with Gasteiger partial charge in [-0.1, -0.05) is 12.1 Å². The lowest BCUT2D eigenvalue weighted by molar-refractivity contribution is -0.114. The van der Waals surface area contributed by atoms with Crippen molar-refractivity contribution in [3.63, 3.8) is 0 Å². The van der Waals surface area contributed by atoms with Crippen molar-refractivity contribution in [3.8, 4) is 0 Å². The Kier molecular flexibility index (Phi) is 3.93. The first-order valence-corrected chi connectivity index (χ1v) is 6.29. The van der Waals surface area contributed by atoms with Crippen molar-refractivity contribution < 1.29 is 4.79 Å². The van der Waals surface area contributed by atoms with Gasteiger partial charge in [-0.25, -0.2) is 4.99 Å². The van der Waals surface area contributed by atoms with E-state index >= 15 is 0 Å². The van der Waals surface area contributed by atoms with E-state index < -0.39 is 5.38 Å². The summed E-state index contributed by atoms with van der Waals surface area (Å²) in [6.45, 7) is 2.15. The summed E-state index contributed by atoms with van der Waals surface area (Å²) in [5.41, 5.74) is 8.24. The number of alkyl halides is 1. The zero-order valence-corrected chi connectivity index (χ0v) is 11.2. The highest BCUT2D eigenvalue weighted by atomic mass is 35.5. The molecule has 0 spiro atoms. The number of hydrogen-bond donors (Lipinski definition) is 2. The average molecular weight is 276 g/mol. The van der Waals surface area contributed by atoms with Gasteiger partial charge in [0.15, 0.2) is 5.78 Å². The van der Waals surface area contributed by atoms with Crippen LogP contribution < -0.4 is 5.73 Å². The standard InChI is InChI=1S/C14H14ClN3O/c1-8-6-11(13(17)12(15)14(8)19)18-10-4-2-9(7-16)3-5-10/h2-6,12,17H,7,16H2,1H3. The van der Waals surface area contributed by atoms with E-state index in [2.05, 4.69) is 4.99 Å². The van der Waals surface area contributed by atoms with E-state index in [4.69, 9.17) is 22.7 Å². The smallest absolute Gasteiger partial charge is 0.182 e. The van der Waals surface area contributed by atoms with E-state index in [1.165, 1.54) is 0 Å². The van der Waals surface area contributed by atoms with Crippen LogP contribution in [0.25, 0.3) is 0 Å². The fourth-order valence-electron chi connectivity index (χ4n) is 1.75. The Bertz CT molecular complexity index is 587. The van der Waals surface area contributed by atoms with Crippen molar-refractivity contribution in [1.29, 1.82) is 5.41 Å². The number of carbonyl (C=O) groups is 1. The fraction of sp³-hybridized carbons (Fsp3) is 0.214. The predicted octanol–water partition coefficient (Wildman–Crippen LogP) is 2.37. The van der Waals surface area contributed by atoms with Crippen molar-refractivity contribution >= 4 is 34.5 Å². The van der Waals surface area contributed by atoms with Crippen molar-refractivity contribution in [1.82, 2.24) is 0 Å². The minimum atomic E-state index is -0.938. The van der Waals surface area contributed by atoms with Gasteiger partial charge in [-0.15, -0.1) is 11.6 Å². The molecule has 0 saturated carbocycles. The van der Waals surface area contributed by atoms with Gasteiger partial charge in [0.25, 0.3) is 0 Å². The molecule has 4 nitrogen and oxygen atoms in total. The first-order valence-electron chi connectivity index (χ1n) is 5.86. The lowest BCUT2D eigenvalue weighted by atomic mass is 9.95. The lowest BCUT2D eigenvalue weighted by Crippen LogP contribution is -2.34. The third-order valence-corrected chi connectivity index (χ3v) is 3.34. The second kappa shape index (κ2) is 5.47. The maximum atomic E-state index is 11.6. The summed E-state index contributed by atoms with van der Waals surface area (Å²) in [5.74, 6) is -0.232.